The average Bonchev–Trinajstić information content (AvgIpc) is 2.86. The van der Waals surface area contributed by atoms with Gasteiger partial charge in [-0.3, -0.25) is 0 Å². The molecule has 3 aromatic rings. The zero-order valence-electron chi connectivity index (χ0n) is 19.5. The summed E-state index contributed by atoms with van der Waals surface area (Å²) in [5.41, 5.74) is 3.36. The Kier molecular flexibility index (Phi) is 8.04. The molecule has 35 heavy (non-hydrogen) atoms. The topological polar surface area (TPSA) is 58.6 Å². The van der Waals surface area contributed by atoms with Crippen LogP contribution in [0.4, 0.5) is 8.78 Å². The van der Waals surface area contributed by atoms with E-state index in [4.69, 9.17) is 21.4 Å². The fraction of sp³-hybridized carbons (Fsp3) is 0.321. The summed E-state index contributed by atoms with van der Waals surface area (Å²) in [4.78, 5) is 11.1. The number of carboxylic acids is 1. The fourth-order valence-corrected chi connectivity index (χ4v) is 4.77. The van der Waals surface area contributed by atoms with Crippen LogP contribution in [0.25, 0.3) is 11.1 Å². The van der Waals surface area contributed by atoms with Gasteiger partial charge < -0.3 is 15.2 Å². The van der Waals surface area contributed by atoms with Crippen molar-refractivity contribution >= 4 is 17.6 Å². The molecule has 0 bridgehead atoms. The van der Waals surface area contributed by atoms with E-state index in [0.29, 0.717) is 19.5 Å². The molecule has 0 fully saturated rings. The lowest BCUT2D eigenvalue weighted by Crippen LogP contribution is -2.36. The highest BCUT2D eigenvalue weighted by atomic mass is 35.5. The van der Waals surface area contributed by atoms with E-state index >= 15 is 0 Å². The molecule has 0 radical (unpaired) electrons. The zero-order valence-corrected chi connectivity index (χ0v) is 20.2. The Balaban J connectivity index is 1.37. The number of nitrogens with one attached hydrogen (secondary N) is 1. The number of benzene rings is 3. The molecule has 0 spiro atoms. The van der Waals surface area contributed by atoms with E-state index < -0.39 is 17.6 Å². The molecular weight excluding hydrogens is 472 g/mol. The van der Waals surface area contributed by atoms with Gasteiger partial charge in [0, 0.05) is 24.6 Å². The SMILES string of the molecule is CCCC(CNC[C@H]1CCc2cc(-c3ccc(C(=O)O)cc3)ccc2O1)c1c(F)ccc(Cl)c1F. The van der Waals surface area contributed by atoms with Gasteiger partial charge in [0.15, 0.2) is 0 Å². The molecule has 1 aliphatic rings. The first-order chi connectivity index (χ1) is 16.9. The molecule has 0 saturated heterocycles. The summed E-state index contributed by atoms with van der Waals surface area (Å²) in [6.07, 6.45) is 3.07. The quantitative estimate of drug-likeness (QED) is 0.316. The third-order valence-corrected chi connectivity index (χ3v) is 6.73. The van der Waals surface area contributed by atoms with Crippen LogP contribution in [-0.2, 0) is 6.42 Å². The first kappa shape index (κ1) is 25.1. The second kappa shape index (κ2) is 11.2. The smallest absolute Gasteiger partial charge is 0.335 e. The van der Waals surface area contributed by atoms with Crippen molar-refractivity contribution in [3.05, 3.63) is 87.9 Å². The summed E-state index contributed by atoms with van der Waals surface area (Å²) < 4.78 is 35.1. The Morgan fingerprint density at radius 3 is 2.60 bits per heavy atom. The minimum Gasteiger partial charge on any atom is -0.489 e. The van der Waals surface area contributed by atoms with E-state index in [1.807, 2.05) is 19.1 Å². The molecule has 1 unspecified atom stereocenters. The molecular formula is C28H28ClF2NO3. The number of ether oxygens (including phenoxy) is 1. The van der Waals surface area contributed by atoms with Crippen LogP contribution in [-0.4, -0.2) is 30.3 Å². The zero-order chi connectivity index (χ0) is 24.9. The summed E-state index contributed by atoms with van der Waals surface area (Å²) in [6, 6.07) is 15.3. The Morgan fingerprint density at radius 2 is 1.89 bits per heavy atom. The predicted octanol–water partition coefficient (Wildman–Crippen LogP) is 6.85. The van der Waals surface area contributed by atoms with E-state index in [9.17, 15) is 13.6 Å². The van der Waals surface area contributed by atoms with E-state index in [1.165, 1.54) is 12.1 Å². The number of halogens is 3. The molecule has 2 atom stereocenters. The molecule has 7 heteroatoms. The number of aromatic carboxylic acids is 1. The van der Waals surface area contributed by atoms with Crippen molar-refractivity contribution in [1.29, 1.82) is 0 Å². The number of rotatable bonds is 9. The highest BCUT2D eigenvalue weighted by Crippen LogP contribution is 2.33. The van der Waals surface area contributed by atoms with Gasteiger partial charge >= 0.3 is 5.97 Å². The second-order valence-corrected chi connectivity index (χ2v) is 9.29. The van der Waals surface area contributed by atoms with Crippen LogP contribution in [0, 0.1) is 11.6 Å². The number of hydrogen-bond donors (Lipinski definition) is 2. The number of carboxylic acid groups (broad SMARTS) is 1. The first-order valence-corrected chi connectivity index (χ1v) is 12.2. The van der Waals surface area contributed by atoms with Crippen molar-refractivity contribution in [2.24, 2.45) is 0 Å². The van der Waals surface area contributed by atoms with Crippen molar-refractivity contribution in [2.75, 3.05) is 13.1 Å². The molecule has 0 amide bonds. The maximum absolute atomic E-state index is 14.5. The van der Waals surface area contributed by atoms with Gasteiger partial charge in [0.05, 0.1) is 10.6 Å². The van der Waals surface area contributed by atoms with Crippen LogP contribution in [0.3, 0.4) is 0 Å². The van der Waals surface area contributed by atoms with E-state index in [-0.39, 0.29) is 28.2 Å². The lowest BCUT2D eigenvalue weighted by Gasteiger charge is -2.28. The van der Waals surface area contributed by atoms with Gasteiger partial charge in [0.25, 0.3) is 0 Å². The third-order valence-electron chi connectivity index (χ3n) is 6.44. The average molecular weight is 500 g/mol. The van der Waals surface area contributed by atoms with Gasteiger partial charge in [-0.2, -0.15) is 0 Å². The van der Waals surface area contributed by atoms with Gasteiger partial charge in [-0.05, 0) is 72.4 Å². The number of fused-ring (bicyclic) bond motifs is 1. The molecule has 184 valence electrons. The Morgan fingerprint density at radius 1 is 1.14 bits per heavy atom. The molecule has 1 aliphatic heterocycles. The van der Waals surface area contributed by atoms with Crippen molar-refractivity contribution in [2.45, 2.75) is 44.6 Å². The monoisotopic (exact) mass is 499 g/mol. The van der Waals surface area contributed by atoms with Crippen LogP contribution < -0.4 is 10.1 Å². The molecule has 0 saturated carbocycles. The van der Waals surface area contributed by atoms with E-state index in [2.05, 4.69) is 11.4 Å². The van der Waals surface area contributed by atoms with Crippen LogP contribution in [0.1, 0.15) is 53.6 Å². The highest BCUT2D eigenvalue weighted by Gasteiger charge is 2.24. The Bertz CT molecular complexity index is 1200. The molecule has 4 nitrogen and oxygen atoms in total. The number of aryl methyl sites for hydroxylation is 1. The van der Waals surface area contributed by atoms with Crippen molar-refractivity contribution < 1.29 is 23.4 Å². The maximum atomic E-state index is 14.5. The molecule has 4 rings (SSSR count). The van der Waals surface area contributed by atoms with Gasteiger partial charge in [-0.25, -0.2) is 13.6 Å². The summed E-state index contributed by atoms with van der Waals surface area (Å²) in [5.74, 6) is -1.68. The van der Waals surface area contributed by atoms with Crippen molar-refractivity contribution in [3.8, 4) is 16.9 Å². The molecule has 2 N–H and O–H groups in total. The standard InChI is InChI=1S/C28H28ClF2NO3/c1-2-3-21(26-24(30)12-11-23(29)27(26)31)15-32-16-22-10-8-20-14-19(9-13-25(20)35-22)17-4-6-18(7-5-17)28(33)34/h4-7,9,11-14,21-22,32H,2-3,8,10,15-16H2,1H3,(H,33,34)/t21?,22-/m1/s1. The maximum Gasteiger partial charge on any atom is 0.335 e. The third kappa shape index (κ3) is 5.82. The number of carbonyl (C=O) groups is 1. The first-order valence-electron chi connectivity index (χ1n) is 11.8. The molecule has 0 aromatic heterocycles. The lowest BCUT2D eigenvalue weighted by molar-refractivity contribution is 0.0697. The van der Waals surface area contributed by atoms with E-state index in [0.717, 1.165) is 41.7 Å². The normalized spacial score (nSPS) is 15.8. The molecule has 0 aliphatic carbocycles. The minimum absolute atomic E-state index is 0.0421. The van der Waals surface area contributed by atoms with Crippen molar-refractivity contribution in [1.82, 2.24) is 5.32 Å². The predicted molar refractivity (Wildman–Crippen MR) is 133 cm³/mol. The summed E-state index contributed by atoms with van der Waals surface area (Å²) >= 11 is 5.90. The van der Waals surface area contributed by atoms with Crippen LogP contribution in [0.15, 0.2) is 54.6 Å². The fourth-order valence-electron chi connectivity index (χ4n) is 4.61. The minimum atomic E-state index is -0.945. The Hall–Kier alpha value is -2.96. The van der Waals surface area contributed by atoms with Gasteiger partial charge in [-0.15, -0.1) is 0 Å². The van der Waals surface area contributed by atoms with Gasteiger partial charge in [0.1, 0.15) is 23.5 Å². The molecule has 3 aromatic carbocycles. The van der Waals surface area contributed by atoms with Crippen LogP contribution >= 0.6 is 11.6 Å². The van der Waals surface area contributed by atoms with Gasteiger partial charge in [-0.1, -0.05) is 43.1 Å². The van der Waals surface area contributed by atoms with Crippen molar-refractivity contribution in [3.63, 3.8) is 0 Å². The van der Waals surface area contributed by atoms with Crippen LogP contribution in [0.5, 0.6) is 5.75 Å². The largest absolute Gasteiger partial charge is 0.489 e. The van der Waals surface area contributed by atoms with Gasteiger partial charge in [0.2, 0.25) is 0 Å². The second-order valence-electron chi connectivity index (χ2n) is 8.88. The van der Waals surface area contributed by atoms with E-state index in [1.54, 1.807) is 24.3 Å². The summed E-state index contributed by atoms with van der Waals surface area (Å²) in [6.45, 7) is 2.99. The number of hydrogen-bond acceptors (Lipinski definition) is 3. The van der Waals surface area contributed by atoms with Crippen LogP contribution in [0.2, 0.25) is 5.02 Å². The Labute approximate surface area is 208 Å². The molecule has 1 heterocycles. The summed E-state index contributed by atoms with van der Waals surface area (Å²) in [5, 5.41) is 12.4. The lowest BCUT2D eigenvalue weighted by atomic mass is 9.93. The highest BCUT2D eigenvalue weighted by molar-refractivity contribution is 6.30. The summed E-state index contributed by atoms with van der Waals surface area (Å²) in [7, 11) is 0.